The van der Waals surface area contributed by atoms with E-state index in [1.807, 2.05) is 24.3 Å². The molecule has 0 bridgehead atoms. The molecule has 0 fully saturated rings. The van der Waals surface area contributed by atoms with Gasteiger partial charge in [-0.05, 0) is 58.1 Å². The molecule has 1 atom stereocenters. The maximum atomic E-state index is 12.0. The number of carbonyl (C=O) groups is 1. The fraction of sp³-hybridized carbons (Fsp3) is 0.278. The molecular formula is C18H19BrClNO2. The maximum absolute atomic E-state index is 12.0. The third-order valence-electron chi connectivity index (χ3n) is 3.62. The van der Waals surface area contributed by atoms with Crippen molar-refractivity contribution in [2.24, 2.45) is 0 Å². The number of halogens is 2. The van der Waals surface area contributed by atoms with E-state index in [0.29, 0.717) is 16.6 Å². The zero-order chi connectivity index (χ0) is 16.8. The number of carbonyl (C=O) groups excluding carboxylic acids is 1. The number of amides is 1. The van der Waals surface area contributed by atoms with E-state index < -0.39 is 0 Å². The minimum Gasteiger partial charge on any atom is -0.483 e. The van der Waals surface area contributed by atoms with Gasteiger partial charge in [0, 0.05) is 10.2 Å². The van der Waals surface area contributed by atoms with Crippen LogP contribution in [-0.4, -0.2) is 12.5 Å². The molecule has 0 aromatic heterocycles. The molecule has 1 amide bonds. The van der Waals surface area contributed by atoms with Crippen LogP contribution in [0.1, 0.15) is 31.7 Å². The van der Waals surface area contributed by atoms with Gasteiger partial charge in [0.15, 0.2) is 6.61 Å². The number of hydrogen-bond acceptors (Lipinski definition) is 2. The first kappa shape index (κ1) is 17.8. The van der Waals surface area contributed by atoms with Crippen molar-refractivity contribution >= 4 is 39.1 Å². The van der Waals surface area contributed by atoms with Crippen molar-refractivity contribution in [3.8, 4) is 5.75 Å². The highest BCUT2D eigenvalue weighted by Crippen LogP contribution is 2.28. The van der Waals surface area contributed by atoms with Gasteiger partial charge in [-0.1, -0.05) is 43.6 Å². The molecule has 0 aliphatic carbocycles. The summed E-state index contributed by atoms with van der Waals surface area (Å²) < 4.78 is 6.48. The molecule has 0 aliphatic rings. The van der Waals surface area contributed by atoms with E-state index in [1.54, 1.807) is 18.2 Å². The van der Waals surface area contributed by atoms with Gasteiger partial charge in [-0.25, -0.2) is 0 Å². The smallest absolute Gasteiger partial charge is 0.262 e. The van der Waals surface area contributed by atoms with Crippen LogP contribution in [0.5, 0.6) is 5.75 Å². The molecule has 0 spiro atoms. The summed E-state index contributed by atoms with van der Waals surface area (Å²) in [6, 6.07) is 13.1. The van der Waals surface area contributed by atoms with Gasteiger partial charge in [0.2, 0.25) is 0 Å². The molecule has 122 valence electrons. The van der Waals surface area contributed by atoms with Crippen molar-refractivity contribution in [2.45, 2.75) is 26.2 Å². The summed E-state index contributed by atoms with van der Waals surface area (Å²) >= 11 is 9.33. The first-order chi connectivity index (χ1) is 11.0. The summed E-state index contributed by atoms with van der Waals surface area (Å²) in [6.45, 7) is 4.23. The first-order valence-corrected chi connectivity index (χ1v) is 8.65. The van der Waals surface area contributed by atoms with Crippen LogP contribution in [0.3, 0.4) is 0 Å². The highest BCUT2D eigenvalue weighted by atomic mass is 79.9. The fourth-order valence-corrected chi connectivity index (χ4v) is 2.58. The van der Waals surface area contributed by atoms with Crippen LogP contribution >= 0.6 is 27.5 Å². The van der Waals surface area contributed by atoms with Gasteiger partial charge in [0.05, 0.1) is 5.02 Å². The average Bonchev–Trinajstić information content (AvgIpc) is 2.56. The Balaban J connectivity index is 1.98. The molecule has 0 saturated heterocycles. The number of anilines is 1. The van der Waals surface area contributed by atoms with Crippen LogP contribution in [0, 0.1) is 0 Å². The van der Waals surface area contributed by atoms with Crippen molar-refractivity contribution < 1.29 is 9.53 Å². The van der Waals surface area contributed by atoms with Crippen molar-refractivity contribution in [2.75, 3.05) is 11.9 Å². The van der Waals surface area contributed by atoms with E-state index in [0.717, 1.165) is 22.2 Å². The van der Waals surface area contributed by atoms with E-state index in [-0.39, 0.29) is 12.5 Å². The van der Waals surface area contributed by atoms with Gasteiger partial charge in [-0.2, -0.15) is 0 Å². The molecular weight excluding hydrogens is 378 g/mol. The Labute approximate surface area is 150 Å². The standard InChI is InChI=1S/C18H19BrClNO2/c1-3-12(2)14-6-4-5-7-17(14)23-11-18(22)21-13-8-9-15(19)16(20)10-13/h4-10,12H,3,11H2,1-2H3,(H,21,22). The molecule has 5 heteroatoms. The summed E-state index contributed by atoms with van der Waals surface area (Å²) in [4.78, 5) is 12.0. The minimum atomic E-state index is -0.220. The maximum Gasteiger partial charge on any atom is 0.262 e. The van der Waals surface area contributed by atoms with Crippen LogP contribution in [0.2, 0.25) is 5.02 Å². The predicted octanol–water partition coefficient (Wildman–Crippen LogP) is 5.63. The third-order valence-corrected chi connectivity index (χ3v) is 4.86. The van der Waals surface area contributed by atoms with Crippen molar-refractivity contribution in [3.63, 3.8) is 0 Å². The Morgan fingerprint density at radius 3 is 2.74 bits per heavy atom. The van der Waals surface area contributed by atoms with E-state index in [2.05, 4.69) is 35.1 Å². The van der Waals surface area contributed by atoms with Gasteiger partial charge in [-0.3, -0.25) is 4.79 Å². The normalized spacial score (nSPS) is 11.8. The van der Waals surface area contributed by atoms with Crippen LogP contribution in [0.25, 0.3) is 0 Å². The second-order valence-corrected chi connectivity index (χ2v) is 6.57. The molecule has 1 unspecified atom stereocenters. The topological polar surface area (TPSA) is 38.3 Å². The van der Waals surface area contributed by atoms with E-state index >= 15 is 0 Å². The number of para-hydroxylation sites is 1. The molecule has 1 N–H and O–H groups in total. The van der Waals surface area contributed by atoms with Crippen molar-refractivity contribution in [1.82, 2.24) is 0 Å². The summed E-state index contributed by atoms with van der Waals surface area (Å²) in [5, 5.41) is 3.32. The average molecular weight is 397 g/mol. The predicted molar refractivity (Wildman–Crippen MR) is 98.4 cm³/mol. The monoisotopic (exact) mass is 395 g/mol. The van der Waals surface area contributed by atoms with Crippen LogP contribution in [0.4, 0.5) is 5.69 Å². The molecule has 0 saturated carbocycles. The van der Waals surface area contributed by atoms with Gasteiger partial charge in [0.25, 0.3) is 5.91 Å². The summed E-state index contributed by atoms with van der Waals surface area (Å²) in [7, 11) is 0. The molecule has 3 nitrogen and oxygen atoms in total. The van der Waals surface area contributed by atoms with E-state index in [9.17, 15) is 4.79 Å². The van der Waals surface area contributed by atoms with E-state index in [1.165, 1.54) is 0 Å². The molecule has 0 aliphatic heterocycles. The quantitative estimate of drug-likeness (QED) is 0.687. The zero-order valence-corrected chi connectivity index (χ0v) is 15.4. The molecule has 2 aromatic carbocycles. The molecule has 0 heterocycles. The minimum absolute atomic E-state index is 0.0405. The number of ether oxygens (including phenoxy) is 1. The first-order valence-electron chi connectivity index (χ1n) is 7.48. The Morgan fingerprint density at radius 2 is 2.04 bits per heavy atom. The van der Waals surface area contributed by atoms with Crippen molar-refractivity contribution in [3.05, 3.63) is 57.5 Å². The van der Waals surface area contributed by atoms with Gasteiger partial charge >= 0.3 is 0 Å². The van der Waals surface area contributed by atoms with Gasteiger partial charge in [-0.15, -0.1) is 0 Å². The lowest BCUT2D eigenvalue weighted by Crippen LogP contribution is -2.20. The van der Waals surface area contributed by atoms with Crippen molar-refractivity contribution in [1.29, 1.82) is 0 Å². The van der Waals surface area contributed by atoms with Crippen LogP contribution in [0.15, 0.2) is 46.9 Å². The highest BCUT2D eigenvalue weighted by molar-refractivity contribution is 9.10. The number of nitrogens with one attached hydrogen (secondary N) is 1. The SMILES string of the molecule is CCC(C)c1ccccc1OCC(=O)Nc1ccc(Br)c(Cl)c1. The van der Waals surface area contributed by atoms with Crippen LogP contribution in [-0.2, 0) is 4.79 Å². The lowest BCUT2D eigenvalue weighted by atomic mass is 9.98. The number of benzene rings is 2. The molecule has 2 rings (SSSR count). The van der Waals surface area contributed by atoms with Crippen LogP contribution < -0.4 is 10.1 Å². The highest BCUT2D eigenvalue weighted by Gasteiger charge is 2.11. The summed E-state index contributed by atoms with van der Waals surface area (Å²) in [5.41, 5.74) is 1.76. The second-order valence-electron chi connectivity index (χ2n) is 5.31. The lowest BCUT2D eigenvalue weighted by molar-refractivity contribution is -0.118. The molecule has 23 heavy (non-hydrogen) atoms. The second kappa shape index (κ2) is 8.37. The molecule has 2 aromatic rings. The Hall–Kier alpha value is -1.52. The Bertz CT molecular complexity index is 690. The fourth-order valence-electron chi connectivity index (χ4n) is 2.15. The van der Waals surface area contributed by atoms with Gasteiger partial charge < -0.3 is 10.1 Å². The Kier molecular flexibility index (Phi) is 6.48. The number of rotatable bonds is 6. The summed E-state index contributed by atoms with van der Waals surface area (Å²) in [5.74, 6) is 0.924. The number of hydrogen-bond donors (Lipinski definition) is 1. The zero-order valence-electron chi connectivity index (χ0n) is 13.1. The Morgan fingerprint density at radius 1 is 1.30 bits per heavy atom. The largest absolute Gasteiger partial charge is 0.483 e. The van der Waals surface area contributed by atoms with Gasteiger partial charge in [0.1, 0.15) is 5.75 Å². The third kappa shape index (κ3) is 4.98. The molecule has 0 radical (unpaired) electrons. The lowest BCUT2D eigenvalue weighted by Gasteiger charge is -2.15. The van der Waals surface area contributed by atoms with E-state index in [4.69, 9.17) is 16.3 Å². The summed E-state index contributed by atoms with van der Waals surface area (Å²) in [6.07, 6.45) is 1.02.